The van der Waals surface area contributed by atoms with Crippen LogP contribution in [0.5, 0.6) is 0 Å². The highest BCUT2D eigenvalue weighted by Gasteiger charge is 1.95. The van der Waals surface area contributed by atoms with Gasteiger partial charge in [0, 0.05) is 5.30 Å². The summed E-state index contributed by atoms with van der Waals surface area (Å²) in [5, 5.41) is 0.710. The molecular formula is C5H5OPS. The minimum Gasteiger partial charge on any atom is -0.281 e. The van der Waals surface area contributed by atoms with E-state index in [1.165, 1.54) is 0 Å². The highest BCUT2D eigenvalue weighted by Crippen LogP contribution is 2.15. The first-order valence-electron chi connectivity index (χ1n) is 2.17. The summed E-state index contributed by atoms with van der Waals surface area (Å²) in [6, 6.07) is 3.68. The maximum atomic E-state index is 10.4. The molecule has 0 aromatic carbocycles. The van der Waals surface area contributed by atoms with Crippen LogP contribution < -0.4 is 0 Å². The zero-order valence-corrected chi connectivity index (χ0v) is 5.98. The maximum absolute atomic E-state index is 10.4. The van der Waals surface area contributed by atoms with Gasteiger partial charge in [0.2, 0.25) is 5.12 Å². The van der Waals surface area contributed by atoms with Gasteiger partial charge in [-0.15, -0.1) is 8.19 Å². The van der Waals surface area contributed by atoms with Gasteiger partial charge in [0.1, 0.15) is 0 Å². The van der Waals surface area contributed by atoms with Gasteiger partial charge in [-0.3, -0.25) is 4.79 Å². The van der Waals surface area contributed by atoms with Crippen LogP contribution in [0.4, 0.5) is 0 Å². The molecule has 1 atom stereocenters. The predicted molar refractivity (Wildman–Crippen MR) is 39.3 cm³/mol. The molecule has 0 fully saturated rings. The normalized spacial score (nSPS) is 10.1. The number of thiol groups is 1. The summed E-state index contributed by atoms with van der Waals surface area (Å²) in [6.07, 6.45) is 0. The molecule has 0 radical (unpaired) electrons. The van der Waals surface area contributed by atoms with Crippen molar-refractivity contribution in [2.24, 2.45) is 0 Å². The molecule has 42 valence electrons. The second-order valence-corrected chi connectivity index (χ2v) is 2.96. The van der Waals surface area contributed by atoms with Crippen molar-refractivity contribution in [2.45, 2.75) is 0 Å². The summed E-state index contributed by atoms with van der Waals surface area (Å²) < 4.78 is 0. The summed E-state index contributed by atoms with van der Waals surface area (Å²) in [5.41, 5.74) is 0. The largest absolute Gasteiger partial charge is 0.281 e. The maximum Gasteiger partial charge on any atom is 0.220 e. The van der Waals surface area contributed by atoms with Crippen LogP contribution in [0.3, 0.4) is 0 Å². The van der Waals surface area contributed by atoms with Crippen molar-refractivity contribution in [3.05, 3.63) is 23.2 Å². The lowest BCUT2D eigenvalue weighted by Gasteiger charge is -1.79. The number of rotatable bonds is 1. The number of carbonyl (C=O) groups excluding carboxylic acids is 1. The van der Waals surface area contributed by atoms with Gasteiger partial charge in [0.15, 0.2) is 0 Å². The molecule has 1 rings (SSSR count). The van der Waals surface area contributed by atoms with Crippen LogP contribution in [0.25, 0.3) is 0 Å². The Kier molecular flexibility index (Phi) is 1.77. The highest BCUT2D eigenvalue weighted by molar-refractivity contribution is 7.97. The van der Waals surface area contributed by atoms with E-state index < -0.39 is 0 Å². The van der Waals surface area contributed by atoms with E-state index in [1.54, 1.807) is 6.07 Å². The fourth-order valence-corrected chi connectivity index (χ4v) is 1.42. The van der Waals surface area contributed by atoms with Gasteiger partial charge in [0.25, 0.3) is 0 Å². The van der Waals surface area contributed by atoms with Crippen LogP contribution >= 0.6 is 20.8 Å². The topological polar surface area (TPSA) is 17.1 Å². The van der Waals surface area contributed by atoms with E-state index in [2.05, 4.69) is 12.6 Å². The molecule has 1 aromatic rings. The Morgan fingerprint density at radius 1 is 1.75 bits per heavy atom. The monoisotopic (exact) mass is 144 g/mol. The lowest BCUT2D eigenvalue weighted by Crippen LogP contribution is -1.77. The van der Waals surface area contributed by atoms with E-state index in [-0.39, 0.29) is 5.12 Å². The van der Waals surface area contributed by atoms with Crippen molar-refractivity contribution in [1.29, 1.82) is 0 Å². The first kappa shape index (κ1) is 5.93. The minimum atomic E-state index is -0.103. The first-order valence-corrected chi connectivity index (χ1v) is 3.70. The Balaban J connectivity index is 2.93. The fraction of sp³-hybridized carbons (Fsp3) is 0. The molecule has 1 aromatic heterocycles. The van der Waals surface area contributed by atoms with E-state index >= 15 is 0 Å². The Morgan fingerprint density at radius 2 is 2.50 bits per heavy atom. The molecule has 0 saturated heterocycles. The lowest BCUT2D eigenvalue weighted by atomic mass is 10.5. The zero-order chi connectivity index (χ0) is 5.98. The van der Waals surface area contributed by atoms with Crippen LogP contribution in [0.1, 0.15) is 10.1 Å². The zero-order valence-electron chi connectivity index (χ0n) is 4.09. The van der Waals surface area contributed by atoms with Crippen LogP contribution in [-0.4, -0.2) is 5.12 Å². The molecule has 0 amide bonds. The van der Waals surface area contributed by atoms with Gasteiger partial charge < -0.3 is 0 Å². The van der Waals surface area contributed by atoms with Crippen molar-refractivity contribution in [3.63, 3.8) is 0 Å². The smallest absolute Gasteiger partial charge is 0.220 e. The van der Waals surface area contributed by atoms with E-state index in [0.717, 1.165) is 5.30 Å². The summed E-state index contributed by atoms with van der Waals surface area (Å²) in [4.78, 5) is 10.4. The molecule has 0 aliphatic rings. The van der Waals surface area contributed by atoms with Crippen molar-refractivity contribution in [2.75, 3.05) is 0 Å². The first-order chi connectivity index (χ1) is 3.80. The summed E-state index contributed by atoms with van der Waals surface area (Å²) in [6.45, 7) is 0. The predicted octanol–water partition coefficient (Wildman–Crippen LogP) is 1.79. The van der Waals surface area contributed by atoms with Gasteiger partial charge >= 0.3 is 0 Å². The fourth-order valence-electron chi connectivity index (χ4n) is 0.463. The molecule has 0 N–H and O–H groups in total. The quantitative estimate of drug-likeness (QED) is 0.594. The number of carbonyl (C=O) groups is 1. The average molecular weight is 144 g/mol. The third-order valence-electron chi connectivity index (χ3n) is 0.828. The molecule has 1 nitrogen and oxygen atoms in total. The van der Waals surface area contributed by atoms with Crippen LogP contribution in [0.15, 0.2) is 17.9 Å². The molecule has 8 heavy (non-hydrogen) atoms. The third-order valence-corrected chi connectivity index (χ3v) is 2.34. The number of hydrogen-bond donors (Lipinski definition) is 1. The van der Waals surface area contributed by atoms with Gasteiger partial charge in [-0.1, -0.05) is 18.7 Å². The second-order valence-electron chi connectivity index (χ2n) is 1.39. The summed E-state index contributed by atoms with van der Waals surface area (Å²) in [7, 11) is 0.535. The molecule has 0 aliphatic carbocycles. The minimum absolute atomic E-state index is 0.103. The Bertz CT molecular complexity index is 180. The van der Waals surface area contributed by atoms with Crippen molar-refractivity contribution >= 4 is 25.9 Å². The molecule has 3 heteroatoms. The van der Waals surface area contributed by atoms with Crippen LogP contribution in [0.2, 0.25) is 0 Å². The highest BCUT2D eigenvalue weighted by atomic mass is 32.1. The van der Waals surface area contributed by atoms with Gasteiger partial charge in [-0.2, -0.15) is 0 Å². The molecular weight excluding hydrogens is 139 g/mol. The average Bonchev–Trinajstić information content (AvgIpc) is 2.12. The van der Waals surface area contributed by atoms with Crippen molar-refractivity contribution < 1.29 is 4.79 Å². The molecule has 1 heterocycles. The lowest BCUT2D eigenvalue weighted by molar-refractivity contribution is 0.109. The molecule has 0 saturated carbocycles. The molecule has 1 unspecified atom stereocenters. The Labute approximate surface area is 54.6 Å². The Hall–Kier alpha value is -0.200. The second kappa shape index (κ2) is 2.38. The third kappa shape index (κ3) is 1.15. The van der Waals surface area contributed by atoms with E-state index in [9.17, 15) is 4.79 Å². The van der Waals surface area contributed by atoms with Crippen LogP contribution in [0, 0.1) is 0 Å². The number of hydrogen-bond acceptors (Lipinski definition) is 1. The van der Waals surface area contributed by atoms with Gasteiger partial charge in [-0.25, -0.2) is 0 Å². The SMILES string of the molecule is O=C(S)c1ccc[pH]1. The molecule has 0 aliphatic heterocycles. The van der Waals surface area contributed by atoms with Gasteiger partial charge in [-0.05, 0) is 11.9 Å². The standard InChI is InChI=1S/C5H5OPS/c6-5(8)4-2-1-3-7-4/h1-3,7H,(H,6,8). The summed E-state index contributed by atoms with van der Waals surface area (Å²) in [5.74, 6) is 1.96. The van der Waals surface area contributed by atoms with Crippen molar-refractivity contribution in [3.8, 4) is 0 Å². The van der Waals surface area contributed by atoms with Crippen LogP contribution in [-0.2, 0) is 0 Å². The molecule has 0 spiro atoms. The molecule has 0 bridgehead atoms. The van der Waals surface area contributed by atoms with E-state index in [0.29, 0.717) is 8.19 Å². The van der Waals surface area contributed by atoms with E-state index in [1.807, 2.05) is 11.9 Å². The Morgan fingerprint density at radius 3 is 2.75 bits per heavy atom. The summed E-state index contributed by atoms with van der Waals surface area (Å²) >= 11 is 3.65. The van der Waals surface area contributed by atoms with E-state index in [4.69, 9.17) is 0 Å². The van der Waals surface area contributed by atoms with Crippen molar-refractivity contribution in [1.82, 2.24) is 0 Å². The van der Waals surface area contributed by atoms with Gasteiger partial charge in [0.05, 0.1) is 0 Å².